The second-order valence-corrected chi connectivity index (χ2v) is 5.66. The van der Waals surface area contributed by atoms with Crippen LogP contribution in [0.4, 0.5) is 13.2 Å². The van der Waals surface area contributed by atoms with Gasteiger partial charge in [0.25, 0.3) is 0 Å². The van der Waals surface area contributed by atoms with Gasteiger partial charge in [-0.3, -0.25) is 0 Å². The lowest BCUT2D eigenvalue weighted by molar-refractivity contribution is -0.151. The Bertz CT molecular complexity index is 717. The second kappa shape index (κ2) is 8.25. The molecule has 2 aromatic carbocycles. The third kappa shape index (κ3) is 5.67. The molecule has 1 unspecified atom stereocenters. The summed E-state index contributed by atoms with van der Waals surface area (Å²) in [6, 6.07) is 11.8. The highest BCUT2D eigenvalue weighted by Gasteiger charge is 2.32. The summed E-state index contributed by atoms with van der Waals surface area (Å²) >= 11 is 5.74. The molecule has 3 nitrogen and oxygen atoms in total. The first-order chi connectivity index (χ1) is 11.8. The number of alkyl halides is 3. The van der Waals surface area contributed by atoms with E-state index in [1.54, 1.807) is 31.2 Å². The first-order valence-electron chi connectivity index (χ1n) is 7.54. The zero-order chi connectivity index (χ0) is 18.4. The molecule has 0 radical (unpaired) electrons. The van der Waals surface area contributed by atoms with Crippen LogP contribution < -0.4 is 4.74 Å². The fourth-order valence-corrected chi connectivity index (χ4v) is 2.42. The van der Waals surface area contributed by atoms with Crippen molar-refractivity contribution in [1.29, 1.82) is 0 Å². The van der Waals surface area contributed by atoms with Gasteiger partial charge in [0.1, 0.15) is 5.75 Å². The molecule has 0 bridgehead atoms. The number of rotatable bonds is 6. The quantitative estimate of drug-likeness (QED) is 0.676. The summed E-state index contributed by atoms with van der Waals surface area (Å²) in [5, 5.41) is -0.132. The van der Waals surface area contributed by atoms with Gasteiger partial charge in [0, 0.05) is 11.4 Å². The van der Waals surface area contributed by atoms with E-state index in [1.807, 2.05) is 6.07 Å². The Balaban J connectivity index is 2.27. The van der Waals surface area contributed by atoms with Crippen molar-refractivity contribution in [2.75, 3.05) is 6.61 Å². The highest BCUT2D eigenvalue weighted by atomic mass is 35.5. The molecule has 0 aliphatic carbocycles. The van der Waals surface area contributed by atoms with Crippen LogP contribution in [-0.2, 0) is 22.1 Å². The van der Waals surface area contributed by atoms with Gasteiger partial charge in [-0.2, -0.15) is 13.2 Å². The van der Waals surface area contributed by atoms with Gasteiger partial charge in [-0.15, -0.1) is 0 Å². The Labute approximate surface area is 148 Å². The Morgan fingerprint density at radius 2 is 1.84 bits per heavy atom. The molecule has 2 rings (SSSR count). The molecule has 0 aliphatic heterocycles. The van der Waals surface area contributed by atoms with Crippen molar-refractivity contribution in [2.45, 2.75) is 25.6 Å². The zero-order valence-corrected chi connectivity index (χ0v) is 14.1. The molecule has 1 atom stereocenters. The lowest BCUT2D eigenvalue weighted by Gasteiger charge is -2.19. The van der Waals surface area contributed by atoms with Crippen LogP contribution in [0.25, 0.3) is 0 Å². The summed E-state index contributed by atoms with van der Waals surface area (Å²) in [5.74, 6) is -0.798. The lowest BCUT2D eigenvalue weighted by atomic mass is 10.1. The first kappa shape index (κ1) is 19.1. The smallest absolute Gasteiger partial charge is 0.416 e. The average molecular weight is 373 g/mol. The molecular weight excluding hydrogens is 357 g/mol. The molecule has 0 fully saturated rings. The van der Waals surface area contributed by atoms with Crippen LogP contribution in [0.15, 0.2) is 48.5 Å². The molecule has 25 heavy (non-hydrogen) atoms. The van der Waals surface area contributed by atoms with Gasteiger partial charge in [0.2, 0.25) is 0 Å². The van der Waals surface area contributed by atoms with Crippen molar-refractivity contribution in [3.63, 3.8) is 0 Å². The van der Waals surface area contributed by atoms with Gasteiger partial charge < -0.3 is 9.47 Å². The number of halogens is 4. The van der Waals surface area contributed by atoms with Crippen molar-refractivity contribution in [3.05, 3.63) is 64.7 Å². The maximum Gasteiger partial charge on any atom is 0.416 e. The largest absolute Gasteiger partial charge is 0.478 e. The van der Waals surface area contributed by atoms with Crippen LogP contribution in [-0.4, -0.2) is 18.7 Å². The van der Waals surface area contributed by atoms with E-state index in [9.17, 15) is 18.0 Å². The maximum atomic E-state index is 12.9. The van der Waals surface area contributed by atoms with Crippen LogP contribution >= 0.6 is 11.6 Å². The maximum absolute atomic E-state index is 12.9. The molecule has 0 spiro atoms. The minimum Gasteiger partial charge on any atom is -0.478 e. The van der Waals surface area contributed by atoms with E-state index in [4.69, 9.17) is 21.1 Å². The summed E-state index contributed by atoms with van der Waals surface area (Å²) in [4.78, 5) is 12.1. The monoisotopic (exact) mass is 372 g/mol. The van der Waals surface area contributed by atoms with Gasteiger partial charge in [-0.25, -0.2) is 4.79 Å². The Kier molecular flexibility index (Phi) is 6.31. The van der Waals surface area contributed by atoms with Crippen LogP contribution in [0.5, 0.6) is 5.75 Å². The van der Waals surface area contributed by atoms with Crippen LogP contribution in [0.3, 0.4) is 0 Å². The Morgan fingerprint density at radius 1 is 1.16 bits per heavy atom. The molecule has 134 valence electrons. The van der Waals surface area contributed by atoms with Crippen molar-refractivity contribution >= 4 is 17.6 Å². The fourth-order valence-electron chi connectivity index (χ4n) is 2.20. The summed E-state index contributed by atoms with van der Waals surface area (Å²) in [7, 11) is 0. The normalized spacial score (nSPS) is 12.5. The van der Waals surface area contributed by atoms with Gasteiger partial charge in [0.15, 0.2) is 6.10 Å². The molecule has 7 heteroatoms. The number of esters is 1. The SMILES string of the molecule is CCOC(=O)C(Cc1ccccc1)Oc1cc(Cl)cc(C(F)(F)F)c1. The van der Waals surface area contributed by atoms with Crippen molar-refractivity contribution in [2.24, 2.45) is 0 Å². The van der Waals surface area contributed by atoms with Crippen LogP contribution in [0, 0.1) is 0 Å². The number of carbonyl (C=O) groups is 1. The first-order valence-corrected chi connectivity index (χ1v) is 7.92. The van der Waals surface area contributed by atoms with Crippen LogP contribution in [0.1, 0.15) is 18.1 Å². The summed E-state index contributed by atoms with van der Waals surface area (Å²) in [5.41, 5.74) is -0.157. The molecule has 0 saturated heterocycles. The number of benzene rings is 2. The number of hydrogen-bond donors (Lipinski definition) is 0. The third-order valence-electron chi connectivity index (χ3n) is 3.29. The zero-order valence-electron chi connectivity index (χ0n) is 13.3. The number of hydrogen-bond acceptors (Lipinski definition) is 3. The highest BCUT2D eigenvalue weighted by molar-refractivity contribution is 6.30. The molecule has 0 heterocycles. The van der Waals surface area contributed by atoms with E-state index in [0.29, 0.717) is 0 Å². The third-order valence-corrected chi connectivity index (χ3v) is 3.51. The highest BCUT2D eigenvalue weighted by Crippen LogP contribution is 2.34. The fraction of sp³-hybridized carbons (Fsp3) is 0.278. The topological polar surface area (TPSA) is 35.5 Å². The van der Waals surface area contributed by atoms with Crippen molar-refractivity contribution in [3.8, 4) is 5.75 Å². The summed E-state index contributed by atoms with van der Waals surface area (Å²) in [6.07, 6.45) is -5.49. The van der Waals surface area contributed by atoms with E-state index in [-0.39, 0.29) is 23.8 Å². The minimum atomic E-state index is -4.57. The van der Waals surface area contributed by atoms with Gasteiger partial charge in [-0.1, -0.05) is 41.9 Å². The Morgan fingerprint density at radius 3 is 2.44 bits per heavy atom. The van der Waals surface area contributed by atoms with Gasteiger partial charge >= 0.3 is 12.1 Å². The number of ether oxygens (including phenoxy) is 2. The summed E-state index contributed by atoms with van der Waals surface area (Å²) < 4.78 is 49.2. The van der Waals surface area contributed by atoms with E-state index in [2.05, 4.69) is 0 Å². The van der Waals surface area contributed by atoms with Gasteiger partial charge in [0.05, 0.1) is 12.2 Å². The van der Waals surface area contributed by atoms with Crippen molar-refractivity contribution < 1.29 is 27.4 Å². The van der Waals surface area contributed by atoms with Crippen molar-refractivity contribution in [1.82, 2.24) is 0 Å². The summed E-state index contributed by atoms with van der Waals surface area (Å²) in [6.45, 7) is 1.77. The van der Waals surface area contributed by atoms with E-state index in [0.717, 1.165) is 17.7 Å². The second-order valence-electron chi connectivity index (χ2n) is 5.22. The van der Waals surface area contributed by atoms with Crippen LogP contribution in [0.2, 0.25) is 5.02 Å². The minimum absolute atomic E-state index is 0.132. The predicted molar refractivity (Wildman–Crippen MR) is 87.6 cm³/mol. The van der Waals surface area contributed by atoms with E-state index in [1.165, 1.54) is 6.07 Å². The Hall–Kier alpha value is -2.21. The molecule has 0 N–H and O–H groups in total. The molecule has 0 saturated carbocycles. The predicted octanol–water partition coefficient (Wildman–Crippen LogP) is 4.91. The standard InChI is InChI=1S/C18H16ClF3O3/c1-2-24-17(23)16(8-12-6-4-3-5-7-12)25-15-10-13(18(20,21)22)9-14(19)11-15/h3-7,9-11,16H,2,8H2,1H3. The molecule has 0 aliphatic rings. The lowest BCUT2D eigenvalue weighted by Crippen LogP contribution is -2.31. The van der Waals surface area contributed by atoms with E-state index < -0.39 is 23.8 Å². The van der Waals surface area contributed by atoms with Gasteiger partial charge in [-0.05, 0) is 30.7 Å². The van der Waals surface area contributed by atoms with E-state index >= 15 is 0 Å². The molecule has 0 aromatic heterocycles. The molecule has 2 aromatic rings. The molecular formula is C18H16ClF3O3. The number of carbonyl (C=O) groups excluding carboxylic acids is 1. The molecule has 0 amide bonds. The average Bonchev–Trinajstić information content (AvgIpc) is 2.54.